The van der Waals surface area contributed by atoms with Gasteiger partial charge in [0.1, 0.15) is 11.6 Å². The largest absolute Gasteiger partial charge is 0.496 e. The van der Waals surface area contributed by atoms with Gasteiger partial charge in [0.2, 0.25) is 5.91 Å². The number of amides is 1. The van der Waals surface area contributed by atoms with Gasteiger partial charge in [0.25, 0.3) is 0 Å². The fourth-order valence-corrected chi connectivity index (χ4v) is 4.71. The number of fused-ring (bicyclic) bond motifs is 1. The molecule has 4 aromatic rings. The lowest BCUT2D eigenvalue weighted by Crippen LogP contribution is -2.34. The van der Waals surface area contributed by atoms with Gasteiger partial charge in [0.05, 0.1) is 13.7 Å². The van der Waals surface area contributed by atoms with Gasteiger partial charge in [-0.2, -0.15) is 0 Å². The predicted molar refractivity (Wildman–Crippen MR) is 156 cm³/mol. The van der Waals surface area contributed by atoms with Crippen molar-refractivity contribution in [3.63, 3.8) is 0 Å². The number of hydrogen-bond acceptors (Lipinski definition) is 4. The van der Waals surface area contributed by atoms with E-state index in [0.29, 0.717) is 25.2 Å². The van der Waals surface area contributed by atoms with Crippen LogP contribution in [0.5, 0.6) is 5.75 Å². The zero-order chi connectivity index (χ0) is 28.2. The quantitative estimate of drug-likeness (QED) is 0.250. The van der Waals surface area contributed by atoms with E-state index in [0.717, 1.165) is 44.3 Å². The topological polar surface area (TPSA) is 79.7 Å². The van der Waals surface area contributed by atoms with Gasteiger partial charge >= 0.3 is 5.97 Å². The van der Waals surface area contributed by atoms with Crippen molar-refractivity contribution < 1.29 is 19.4 Å². The van der Waals surface area contributed by atoms with Crippen LogP contribution >= 0.6 is 0 Å². The molecule has 0 fully saturated rings. The lowest BCUT2D eigenvalue weighted by atomic mass is 9.91. The molecule has 6 nitrogen and oxygen atoms in total. The van der Waals surface area contributed by atoms with Crippen LogP contribution in [0.1, 0.15) is 50.3 Å². The van der Waals surface area contributed by atoms with E-state index in [4.69, 9.17) is 9.84 Å². The van der Waals surface area contributed by atoms with Crippen molar-refractivity contribution in [1.29, 1.82) is 0 Å². The number of aliphatic carboxylic acids is 1. The molecule has 0 bridgehead atoms. The van der Waals surface area contributed by atoms with E-state index in [1.54, 1.807) is 18.2 Å². The normalized spacial score (nSPS) is 11.4. The molecule has 0 radical (unpaired) electrons. The molecule has 0 aliphatic carbocycles. The first-order chi connectivity index (χ1) is 18.5. The van der Waals surface area contributed by atoms with Gasteiger partial charge in [-0.05, 0) is 70.2 Å². The standard InChI is InChI=1S/C33H36N2O4/c1-22-18-26(12-14-29(22)39-5)25-10-6-24(7-11-25)21-35(30(36)20-33(2,3)4)32-28-13-8-23(9-15-31(37)38)19-27(28)16-17-34-32/h6-8,10-14,16-19H,9,15,20-21H2,1-5H3,(H,37,38). The predicted octanol–water partition coefficient (Wildman–Crippen LogP) is 7.21. The molecule has 6 heteroatoms. The van der Waals surface area contributed by atoms with E-state index < -0.39 is 5.97 Å². The molecule has 0 atom stereocenters. The molecule has 202 valence electrons. The molecular weight excluding hydrogens is 488 g/mol. The van der Waals surface area contributed by atoms with Crippen LogP contribution in [-0.2, 0) is 22.6 Å². The summed E-state index contributed by atoms with van der Waals surface area (Å²) in [7, 11) is 1.67. The summed E-state index contributed by atoms with van der Waals surface area (Å²) in [4.78, 5) is 31.1. The average Bonchev–Trinajstić information content (AvgIpc) is 2.89. The van der Waals surface area contributed by atoms with Gasteiger partial charge in [0.15, 0.2) is 0 Å². The van der Waals surface area contributed by atoms with E-state index in [-0.39, 0.29) is 17.7 Å². The number of aryl methyl sites for hydroxylation is 2. The van der Waals surface area contributed by atoms with Crippen molar-refractivity contribution in [3.8, 4) is 16.9 Å². The Bertz CT molecular complexity index is 1490. The Kier molecular flexibility index (Phi) is 8.34. The van der Waals surface area contributed by atoms with Crippen molar-refractivity contribution >= 4 is 28.5 Å². The number of anilines is 1. The lowest BCUT2D eigenvalue weighted by Gasteiger charge is -2.27. The lowest BCUT2D eigenvalue weighted by molar-refractivity contribution is -0.137. The molecule has 39 heavy (non-hydrogen) atoms. The third kappa shape index (κ3) is 7.02. The van der Waals surface area contributed by atoms with E-state index in [1.807, 2.05) is 43.3 Å². The van der Waals surface area contributed by atoms with Gasteiger partial charge in [-0.1, -0.05) is 69.3 Å². The highest BCUT2D eigenvalue weighted by molar-refractivity contribution is 6.02. The Morgan fingerprint density at radius 1 is 0.923 bits per heavy atom. The maximum absolute atomic E-state index is 13.6. The minimum Gasteiger partial charge on any atom is -0.496 e. The van der Waals surface area contributed by atoms with Crippen LogP contribution in [0.2, 0.25) is 0 Å². The van der Waals surface area contributed by atoms with Crippen LogP contribution in [0.25, 0.3) is 21.9 Å². The Morgan fingerprint density at radius 2 is 1.62 bits per heavy atom. The van der Waals surface area contributed by atoms with Gasteiger partial charge in [-0.25, -0.2) is 4.98 Å². The van der Waals surface area contributed by atoms with E-state index >= 15 is 0 Å². The van der Waals surface area contributed by atoms with E-state index in [9.17, 15) is 9.59 Å². The zero-order valence-corrected chi connectivity index (χ0v) is 23.3. The fourth-order valence-electron chi connectivity index (χ4n) is 4.71. The first-order valence-electron chi connectivity index (χ1n) is 13.2. The second-order valence-electron chi connectivity index (χ2n) is 11.2. The third-order valence-corrected chi connectivity index (χ3v) is 6.70. The summed E-state index contributed by atoms with van der Waals surface area (Å²) in [6, 6.07) is 22.2. The molecule has 0 saturated carbocycles. The Morgan fingerprint density at radius 3 is 2.26 bits per heavy atom. The molecule has 0 aliphatic rings. The van der Waals surface area contributed by atoms with E-state index in [2.05, 4.69) is 56.1 Å². The summed E-state index contributed by atoms with van der Waals surface area (Å²) < 4.78 is 5.39. The number of carbonyl (C=O) groups is 2. The van der Waals surface area contributed by atoms with Crippen molar-refractivity contribution in [2.24, 2.45) is 5.41 Å². The number of hydrogen-bond donors (Lipinski definition) is 1. The Hall–Kier alpha value is -4.19. The van der Waals surface area contributed by atoms with Gasteiger partial charge in [-0.15, -0.1) is 0 Å². The SMILES string of the molecule is COc1ccc(-c2ccc(CN(C(=O)CC(C)(C)C)c3nccc4cc(CCC(=O)O)ccc34)cc2)cc1C. The number of benzene rings is 3. The first-order valence-corrected chi connectivity index (χ1v) is 13.2. The number of rotatable bonds is 9. The molecule has 0 saturated heterocycles. The summed E-state index contributed by atoms with van der Waals surface area (Å²) >= 11 is 0. The number of pyridine rings is 1. The average molecular weight is 525 g/mol. The summed E-state index contributed by atoms with van der Waals surface area (Å²) in [5.41, 5.74) is 5.04. The van der Waals surface area contributed by atoms with Crippen molar-refractivity contribution in [2.75, 3.05) is 12.0 Å². The number of nitrogens with zero attached hydrogens (tertiary/aromatic N) is 2. The van der Waals surface area contributed by atoms with Gasteiger partial charge in [-0.3, -0.25) is 14.5 Å². The third-order valence-electron chi connectivity index (χ3n) is 6.70. The molecule has 3 aromatic carbocycles. The van der Waals surface area contributed by atoms with Gasteiger partial charge < -0.3 is 9.84 Å². The minimum absolute atomic E-state index is 0.00677. The van der Waals surface area contributed by atoms with E-state index in [1.165, 1.54) is 0 Å². The molecule has 0 spiro atoms. The Balaban J connectivity index is 1.66. The van der Waals surface area contributed by atoms with Crippen molar-refractivity contribution in [2.45, 2.75) is 53.5 Å². The summed E-state index contributed by atoms with van der Waals surface area (Å²) in [5.74, 6) is 0.659. The summed E-state index contributed by atoms with van der Waals surface area (Å²) in [6.07, 6.45) is 2.62. The molecule has 1 heterocycles. The summed E-state index contributed by atoms with van der Waals surface area (Å²) in [5, 5.41) is 10.9. The number of aromatic nitrogens is 1. The number of ether oxygens (including phenoxy) is 1. The molecule has 1 N–H and O–H groups in total. The fraction of sp³-hybridized carbons (Fsp3) is 0.303. The number of methoxy groups -OCH3 is 1. The maximum Gasteiger partial charge on any atom is 0.303 e. The summed E-state index contributed by atoms with van der Waals surface area (Å²) in [6.45, 7) is 8.59. The van der Waals surface area contributed by atoms with Crippen molar-refractivity contribution in [1.82, 2.24) is 4.98 Å². The molecule has 1 aromatic heterocycles. The molecule has 1 amide bonds. The minimum atomic E-state index is -0.822. The van der Waals surface area contributed by atoms with Gasteiger partial charge in [0, 0.05) is 24.4 Å². The maximum atomic E-state index is 13.6. The highest BCUT2D eigenvalue weighted by Crippen LogP contribution is 2.31. The van der Waals surface area contributed by atoms with Crippen LogP contribution in [-0.4, -0.2) is 29.1 Å². The smallest absolute Gasteiger partial charge is 0.303 e. The molecule has 0 aliphatic heterocycles. The Labute approximate surface area is 230 Å². The second kappa shape index (κ2) is 11.7. The van der Waals surface area contributed by atoms with Crippen molar-refractivity contribution in [3.05, 3.63) is 89.6 Å². The molecule has 0 unspecified atom stereocenters. The monoisotopic (exact) mass is 524 g/mol. The highest BCUT2D eigenvalue weighted by Gasteiger charge is 2.25. The van der Waals surface area contributed by atoms with Crippen LogP contribution in [0, 0.1) is 12.3 Å². The molecule has 4 rings (SSSR count). The number of carboxylic acid groups (broad SMARTS) is 1. The number of carboxylic acids is 1. The zero-order valence-electron chi connectivity index (χ0n) is 23.3. The molecular formula is C33H36N2O4. The van der Waals surface area contributed by atoms with Crippen LogP contribution in [0.15, 0.2) is 72.9 Å². The first kappa shape index (κ1) is 27.8. The highest BCUT2D eigenvalue weighted by atomic mass is 16.5. The van der Waals surface area contributed by atoms with Crippen LogP contribution in [0.4, 0.5) is 5.82 Å². The number of carbonyl (C=O) groups excluding carboxylic acids is 1. The second-order valence-corrected chi connectivity index (χ2v) is 11.2. The van der Waals surface area contributed by atoms with Crippen LogP contribution in [0.3, 0.4) is 0 Å². The van der Waals surface area contributed by atoms with Crippen LogP contribution < -0.4 is 9.64 Å².